The third-order valence-electron chi connectivity index (χ3n) is 9.09. The maximum Gasteiger partial charge on any atom is 0.137 e. The molecular formula is C21H32Cl2O2. The Bertz CT molecular complexity index is 580. The van der Waals surface area contributed by atoms with E-state index >= 15 is 0 Å². The Balaban J connectivity index is 1.76. The second-order valence-electron chi connectivity index (χ2n) is 9.96. The van der Waals surface area contributed by atoms with Crippen LogP contribution >= 0.6 is 23.2 Å². The summed E-state index contributed by atoms with van der Waals surface area (Å²) < 4.78 is 0. The molecule has 2 nitrogen and oxygen atoms in total. The number of halogens is 2. The van der Waals surface area contributed by atoms with Crippen molar-refractivity contribution in [2.45, 2.75) is 88.5 Å². The predicted octanol–water partition coefficient (Wildman–Crippen LogP) is 5.17. The third kappa shape index (κ3) is 2.29. The Morgan fingerprint density at radius 1 is 1.24 bits per heavy atom. The van der Waals surface area contributed by atoms with E-state index in [9.17, 15) is 9.90 Å². The minimum absolute atomic E-state index is 0.0289. The second-order valence-corrected chi connectivity index (χ2v) is 11.2. The van der Waals surface area contributed by atoms with E-state index < -0.39 is 4.87 Å². The van der Waals surface area contributed by atoms with Gasteiger partial charge in [0.15, 0.2) is 0 Å². The minimum Gasteiger partial charge on any atom is -0.393 e. The van der Waals surface area contributed by atoms with Gasteiger partial charge in [0.2, 0.25) is 0 Å². The van der Waals surface area contributed by atoms with Crippen molar-refractivity contribution in [3.8, 4) is 0 Å². The predicted molar refractivity (Wildman–Crippen MR) is 102 cm³/mol. The fourth-order valence-electron chi connectivity index (χ4n) is 7.75. The van der Waals surface area contributed by atoms with E-state index in [0.29, 0.717) is 30.0 Å². The summed E-state index contributed by atoms with van der Waals surface area (Å²) in [7, 11) is 0. The van der Waals surface area contributed by atoms with E-state index in [2.05, 4.69) is 20.8 Å². The Kier molecular flexibility index (Phi) is 4.35. The topological polar surface area (TPSA) is 37.3 Å². The van der Waals surface area contributed by atoms with Crippen LogP contribution < -0.4 is 0 Å². The monoisotopic (exact) mass is 386 g/mol. The molecule has 4 heteroatoms. The van der Waals surface area contributed by atoms with Crippen LogP contribution in [0.5, 0.6) is 0 Å². The van der Waals surface area contributed by atoms with E-state index in [0.717, 1.165) is 25.7 Å². The lowest BCUT2D eigenvalue weighted by molar-refractivity contribution is -0.157. The molecule has 4 aliphatic carbocycles. The third-order valence-corrected chi connectivity index (χ3v) is 10.6. The molecule has 4 fully saturated rings. The van der Waals surface area contributed by atoms with E-state index in [1.165, 1.54) is 19.3 Å². The van der Waals surface area contributed by atoms with E-state index in [1.807, 2.05) is 0 Å². The summed E-state index contributed by atoms with van der Waals surface area (Å²) in [5.74, 6) is 2.10. The molecule has 0 saturated heterocycles. The highest BCUT2D eigenvalue weighted by Gasteiger charge is 2.69. The molecule has 2 unspecified atom stereocenters. The zero-order chi connectivity index (χ0) is 18.2. The van der Waals surface area contributed by atoms with Gasteiger partial charge in [-0.15, -0.1) is 23.2 Å². The van der Waals surface area contributed by atoms with Crippen LogP contribution in [0.4, 0.5) is 0 Å². The maximum absolute atomic E-state index is 13.5. The van der Waals surface area contributed by atoms with Crippen molar-refractivity contribution in [3.63, 3.8) is 0 Å². The summed E-state index contributed by atoms with van der Waals surface area (Å²) in [6, 6.07) is 0. The Hall–Kier alpha value is 0.210. The number of hydrogen-bond acceptors (Lipinski definition) is 2. The number of carbonyl (C=O) groups is 1. The Labute approximate surface area is 162 Å². The van der Waals surface area contributed by atoms with Crippen LogP contribution in [0, 0.1) is 34.5 Å². The quantitative estimate of drug-likeness (QED) is 0.630. The highest BCUT2D eigenvalue weighted by atomic mass is 35.5. The lowest BCUT2D eigenvalue weighted by Gasteiger charge is -2.64. The maximum atomic E-state index is 13.5. The number of alkyl halides is 2. The first kappa shape index (κ1) is 18.6. The fraction of sp³-hybridized carbons (Fsp3) is 0.952. The number of aliphatic hydroxyl groups is 1. The van der Waals surface area contributed by atoms with Gasteiger partial charge in [-0.05, 0) is 67.1 Å². The molecular weight excluding hydrogens is 355 g/mol. The van der Waals surface area contributed by atoms with Crippen molar-refractivity contribution in [1.29, 1.82) is 0 Å². The Morgan fingerprint density at radius 3 is 2.64 bits per heavy atom. The lowest BCUT2D eigenvalue weighted by atomic mass is 9.44. The summed E-state index contributed by atoms with van der Waals surface area (Å²) in [5.41, 5.74) is -0.133. The number of rotatable bonds is 1. The van der Waals surface area contributed by atoms with Gasteiger partial charge in [-0.1, -0.05) is 27.2 Å². The zero-order valence-electron chi connectivity index (χ0n) is 15.7. The molecule has 4 aliphatic rings. The molecule has 25 heavy (non-hydrogen) atoms. The van der Waals surface area contributed by atoms with Crippen LogP contribution in [0.1, 0.15) is 72.1 Å². The van der Waals surface area contributed by atoms with Crippen LogP contribution in [0.2, 0.25) is 0 Å². The summed E-state index contributed by atoms with van der Waals surface area (Å²) >= 11 is 14.0. The van der Waals surface area contributed by atoms with Crippen molar-refractivity contribution < 1.29 is 9.90 Å². The average molecular weight is 387 g/mol. The smallest absolute Gasteiger partial charge is 0.137 e. The van der Waals surface area contributed by atoms with Gasteiger partial charge in [-0.3, -0.25) is 4.79 Å². The molecule has 0 aliphatic heterocycles. The summed E-state index contributed by atoms with van der Waals surface area (Å²) in [6.07, 6.45) is 6.90. The molecule has 142 valence electrons. The first-order valence-electron chi connectivity index (χ1n) is 10.2. The standard InChI is InChI=1S/C21H32Cl2O2/c1-4-12-5-6-15-14-9-17(22)21(23)10-13(24)7-8-20(21,3)18(14)16(25)11-19(12,15)2/h12-15,17-18,24H,4-11H2,1-3H3/t12-,13-,14-,15-,17?,18+,19+,20+,21?/m0/s1. The van der Waals surface area contributed by atoms with Crippen LogP contribution in [-0.4, -0.2) is 27.2 Å². The Morgan fingerprint density at radius 2 is 1.96 bits per heavy atom. The van der Waals surface area contributed by atoms with Crippen LogP contribution in [-0.2, 0) is 4.79 Å². The van der Waals surface area contributed by atoms with E-state index in [-0.39, 0.29) is 28.2 Å². The minimum atomic E-state index is -0.653. The normalized spacial score (nSPS) is 58.4. The number of fused-ring (bicyclic) bond motifs is 5. The van der Waals surface area contributed by atoms with E-state index in [1.54, 1.807) is 0 Å². The van der Waals surface area contributed by atoms with Crippen LogP contribution in [0.25, 0.3) is 0 Å². The second kappa shape index (κ2) is 5.85. The van der Waals surface area contributed by atoms with Gasteiger partial charge < -0.3 is 5.11 Å². The van der Waals surface area contributed by atoms with Gasteiger partial charge >= 0.3 is 0 Å². The molecule has 0 aromatic heterocycles. The van der Waals surface area contributed by atoms with Gasteiger partial charge in [0, 0.05) is 12.3 Å². The molecule has 0 radical (unpaired) electrons. The zero-order valence-corrected chi connectivity index (χ0v) is 17.2. The van der Waals surface area contributed by atoms with Gasteiger partial charge in [-0.25, -0.2) is 0 Å². The molecule has 0 heterocycles. The number of carbonyl (C=O) groups excluding carboxylic acids is 1. The summed E-state index contributed by atoms with van der Waals surface area (Å²) in [6.45, 7) is 6.84. The van der Waals surface area contributed by atoms with Gasteiger partial charge in [0.25, 0.3) is 0 Å². The molecule has 0 bridgehead atoms. The van der Waals surface area contributed by atoms with Crippen molar-refractivity contribution in [3.05, 3.63) is 0 Å². The van der Waals surface area contributed by atoms with Crippen LogP contribution in [0.15, 0.2) is 0 Å². The molecule has 0 aromatic rings. The molecule has 0 spiro atoms. The molecule has 0 aromatic carbocycles. The van der Waals surface area contributed by atoms with Crippen molar-refractivity contribution in [2.24, 2.45) is 34.5 Å². The average Bonchev–Trinajstić information content (AvgIpc) is 2.86. The summed E-state index contributed by atoms with van der Waals surface area (Å²) in [4.78, 5) is 12.8. The van der Waals surface area contributed by atoms with E-state index in [4.69, 9.17) is 23.2 Å². The van der Waals surface area contributed by atoms with Crippen molar-refractivity contribution in [2.75, 3.05) is 0 Å². The molecule has 4 rings (SSSR count). The van der Waals surface area contributed by atoms with Crippen molar-refractivity contribution >= 4 is 29.0 Å². The number of ketones is 1. The number of hydrogen-bond donors (Lipinski definition) is 1. The molecule has 9 atom stereocenters. The van der Waals surface area contributed by atoms with Gasteiger partial charge in [0.1, 0.15) is 5.78 Å². The van der Waals surface area contributed by atoms with Crippen molar-refractivity contribution in [1.82, 2.24) is 0 Å². The highest BCUT2D eigenvalue weighted by Crippen LogP contribution is 2.69. The SMILES string of the molecule is CC[C@H]1CC[C@H]2[C@@H]3CC(Cl)C4(Cl)C[C@@H](O)CC[C@]4(C)[C@H]3C(=O)C[C@]12C. The first-order chi connectivity index (χ1) is 11.7. The lowest BCUT2D eigenvalue weighted by Crippen LogP contribution is -2.67. The summed E-state index contributed by atoms with van der Waals surface area (Å²) in [5, 5.41) is 10.1. The largest absolute Gasteiger partial charge is 0.393 e. The molecule has 1 N–H and O–H groups in total. The number of Topliss-reactive ketones (excluding diaryl/α,β-unsaturated/α-hetero) is 1. The molecule has 0 amide bonds. The highest BCUT2D eigenvalue weighted by molar-refractivity contribution is 6.33. The van der Waals surface area contributed by atoms with Gasteiger partial charge in [-0.2, -0.15) is 0 Å². The fourth-order valence-corrected chi connectivity index (χ4v) is 8.78. The van der Waals surface area contributed by atoms with Gasteiger partial charge in [0.05, 0.1) is 16.4 Å². The van der Waals surface area contributed by atoms with Crippen LogP contribution in [0.3, 0.4) is 0 Å². The number of aliphatic hydroxyl groups excluding tert-OH is 1. The first-order valence-corrected chi connectivity index (χ1v) is 11.0. The molecule has 4 saturated carbocycles.